The van der Waals surface area contributed by atoms with E-state index < -0.39 is 16.1 Å². The molecule has 25 heavy (non-hydrogen) atoms. The van der Waals surface area contributed by atoms with E-state index in [1.807, 2.05) is 0 Å². The maximum absolute atomic E-state index is 6.21. The van der Waals surface area contributed by atoms with Crippen LogP contribution in [0.15, 0.2) is 0 Å². The lowest BCUT2D eigenvalue weighted by atomic mass is 10.2. The van der Waals surface area contributed by atoms with Crippen LogP contribution < -0.4 is 0 Å². The van der Waals surface area contributed by atoms with Gasteiger partial charge in [-0.15, -0.1) is 23.2 Å². The fraction of sp³-hybridized carbons (Fsp3) is 1.00. The highest BCUT2D eigenvalue weighted by Crippen LogP contribution is 2.47. The zero-order chi connectivity index (χ0) is 20.1. The second-order valence-electron chi connectivity index (χ2n) is 10.1. The van der Waals surface area contributed by atoms with Gasteiger partial charge in [0.1, 0.15) is 0 Å². The van der Waals surface area contributed by atoms with Gasteiger partial charge in [-0.05, 0) is 22.9 Å². The van der Waals surface area contributed by atoms with Crippen LogP contribution in [0.3, 0.4) is 0 Å². The average molecular weight is 464 g/mol. The summed E-state index contributed by atoms with van der Waals surface area (Å²) in [5, 5.41) is 0.666. The largest absolute Gasteiger partial charge is 0.247 e. The fourth-order valence-corrected chi connectivity index (χ4v) is 13.2. The van der Waals surface area contributed by atoms with Crippen molar-refractivity contribution in [1.29, 1.82) is 0 Å². The number of alkyl halides is 2. The first-order valence-corrected chi connectivity index (χ1v) is 18.1. The SMILES string of the molecule is CC(C)(C)[Si](C)(C)C(CCCl)SOSC(CCCl)[Si](C)(C)C(C)(C)C. The van der Waals surface area contributed by atoms with E-state index >= 15 is 0 Å². The first-order valence-electron chi connectivity index (χ1n) is 9.23. The monoisotopic (exact) mass is 462 g/mol. The minimum Gasteiger partial charge on any atom is -0.247 e. The van der Waals surface area contributed by atoms with Crippen LogP contribution in [0.25, 0.3) is 0 Å². The van der Waals surface area contributed by atoms with Crippen molar-refractivity contribution in [3.63, 3.8) is 0 Å². The number of hydrogen-bond donors (Lipinski definition) is 0. The van der Waals surface area contributed by atoms with Crippen LogP contribution >= 0.6 is 47.3 Å². The molecule has 7 heteroatoms. The molecule has 2 atom stereocenters. The Bertz CT molecular complexity index is 358. The van der Waals surface area contributed by atoms with E-state index in [1.54, 1.807) is 24.1 Å². The van der Waals surface area contributed by atoms with E-state index in [2.05, 4.69) is 67.7 Å². The maximum atomic E-state index is 6.21. The lowest BCUT2D eigenvalue weighted by Crippen LogP contribution is -2.49. The van der Waals surface area contributed by atoms with E-state index in [-0.39, 0.29) is 0 Å². The van der Waals surface area contributed by atoms with Crippen LogP contribution in [0.2, 0.25) is 36.3 Å². The van der Waals surface area contributed by atoms with Crippen molar-refractivity contribution in [3.05, 3.63) is 0 Å². The fourth-order valence-electron chi connectivity index (χ4n) is 2.34. The Morgan fingerprint density at radius 3 is 1.20 bits per heavy atom. The molecule has 1 nitrogen and oxygen atoms in total. The Balaban J connectivity index is 5.05. The van der Waals surface area contributed by atoms with E-state index in [4.69, 9.17) is 26.8 Å². The summed E-state index contributed by atoms with van der Waals surface area (Å²) >= 11 is 15.6. The first kappa shape index (κ1) is 26.7. The van der Waals surface area contributed by atoms with Gasteiger partial charge in [-0.25, -0.2) is 3.63 Å². The normalized spacial score (nSPS) is 16.8. The third kappa shape index (κ3) is 7.54. The summed E-state index contributed by atoms with van der Waals surface area (Å²) in [5.41, 5.74) is 0. The summed E-state index contributed by atoms with van der Waals surface area (Å²) in [6, 6.07) is 0. The summed E-state index contributed by atoms with van der Waals surface area (Å²) in [7, 11) is -3.01. The van der Waals surface area contributed by atoms with Crippen LogP contribution in [0.4, 0.5) is 0 Å². The molecule has 0 rings (SSSR count). The number of rotatable bonds is 10. The molecule has 0 aromatic heterocycles. The van der Waals surface area contributed by atoms with Crippen molar-refractivity contribution >= 4 is 63.4 Å². The van der Waals surface area contributed by atoms with Crippen molar-refractivity contribution in [2.45, 2.75) is 100 Å². The molecule has 0 saturated heterocycles. The van der Waals surface area contributed by atoms with Crippen molar-refractivity contribution in [3.8, 4) is 0 Å². The molecule has 0 radical (unpaired) electrons. The van der Waals surface area contributed by atoms with E-state index in [9.17, 15) is 0 Å². The Morgan fingerprint density at radius 2 is 1.00 bits per heavy atom. The van der Waals surface area contributed by atoms with Gasteiger partial charge in [0.2, 0.25) is 0 Å². The molecule has 0 fully saturated rings. The summed E-state index contributed by atoms with van der Waals surface area (Å²) in [5.74, 6) is 1.40. The Labute approximate surface area is 178 Å². The van der Waals surface area contributed by atoms with Gasteiger partial charge in [0, 0.05) is 45.6 Å². The Hall–Kier alpha value is 1.67. The van der Waals surface area contributed by atoms with E-state index in [0.717, 1.165) is 12.8 Å². The van der Waals surface area contributed by atoms with Crippen LogP contribution in [-0.2, 0) is 3.63 Å². The lowest BCUT2D eigenvalue weighted by molar-refractivity contribution is 0.683. The summed E-state index contributed by atoms with van der Waals surface area (Å²) in [6.07, 6.45) is 2.03. The highest BCUT2D eigenvalue weighted by atomic mass is 35.5. The zero-order valence-electron chi connectivity index (χ0n) is 18.0. The molecule has 0 aliphatic rings. The Morgan fingerprint density at radius 1 is 0.720 bits per heavy atom. The molecular formula is C18H40Cl2OS2Si2. The quantitative estimate of drug-likeness (QED) is 0.183. The van der Waals surface area contributed by atoms with Crippen molar-refractivity contribution in [2.24, 2.45) is 0 Å². The molecule has 0 aliphatic heterocycles. The molecule has 0 aromatic rings. The molecule has 0 aliphatic carbocycles. The summed E-state index contributed by atoms with van der Waals surface area (Å²) in [4.78, 5) is 1.02. The molecule has 0 bridgehead atoms. The predicted molar refractivity (Wildman–Crippen MR) is 129 cm³/mol. The zero-order valence-corrected chi connectivity index (χ0v) is 23.1. The predicted octanol–water partition coefficient (Wildman–Crippen LogP) is 8.39. The molecule has 0 spiro atoms. The number of halogens is 2. The summed E-state index contributed by atoms with van der Waals surface area (Å²) < 4.78 is 6.21. The van der Waals surface area contributed by atoms with Gasteiger partial charge >= 0.3 is 0 Å². The van der Waals surface area contributed by atoms with Crippen LogP contribution in [0, 0.1) is 0 Å². The van der Waals surface area contributed by atoms with Crippen LogP contribution in [0.5, 0.6) is 0 Å². The van der Waals surface area contributed by atoms with Gasteiger partial charge in [0.25, 0.3) is 0 Å². The molecular weight excluding hydrogens is 423 g/mol. The van der Waals surface area contributed by atoms with E-state index in [1.165, 1.54) is 0 Å². The van der Waals surface area contributed by atoms with Gasteiger partial charge in [-0.1, -0.05) is 67.7 Å². The second-order valence-corrected chi connectivity index (χ2v) is 25.1. The molecule has 0 amide bonds. The molecule has 0 aromatic carbocycles. The van der Waals surface area contributed by atoms with Crippen molar-refractivity contribution in [1.82, 2.24) is 0 Å². The minimum absolute atomic E-state index is 0.333. The molecule has 152 valence electrons. The van der Waals surface area contributed by atoms with Crippen molar-refractivity contribution in [2.75, 3.05) is 11.8 Å². The van der Waals surface area contributed by atoms with Gasteiger partial charge in [-0.3, -0.25) is 0 Å². The minimum atomic E-state index is -1.50. The molecule has 2 unspecified atom stereocenters. The third-order valence-corrected chi connectivity index (χ3v) is 24.2. The second kappa shape index (κ2) is 10.5. The topological polar surface area (TPSA) is 9.23 Å². The first-order chi connectivity index (χ1) is 11.1. The van der Waals surface area contributed by atoms with Crippen LogP contribution in [-0.4, -0.2) is 37.7 Å². The highest BCUT2D eigenvalue weighted by Gasteiger charge is 2.45. The summed E-state index contributed by atoms with van der Waals surface area (Å²) in [6.45, 7) is 24.0. The highest BCUT2D eigenvalue weighted by molar-refractivity contribution is 8.10. The smallest absolute Gasteiger partial charge is 0.0701 e. The van der Waals surface area contributed by atoms with E-state index in [0.29, 0.717) is 31.6 Å². The van der Waals surface area contributed by atoms with Gasteiger partial charge in [-0.2, -0.15) is 0 Å². The van der Waals surface area contributed by atoms with Crippen LogP contribution in [0.1, 0.15) is 54.4 Å². The van der Waals surface area contributed by atoms with Crippen molar-refractivity contribution < 1.29 is 3.63 Å². The lowest BCUT2D eigenvalue weighted by Gasteiger charge is -2.43. The van der Waals surface area contributed by atoms with Gasteiger partial charge in [0.05, 0.1) is 16.1 Å². The number of hydrogen-bond acceptors (Lipinski definition) is 3. The third-order valence-electron chi connectivity index (χ3n) is 6.53. The maximum Gasteiger partial charge on any atom is 0.0701 e. The Kier molecular flexibility index (Phi) is 11.1. The van der Waals surface area contributed by atoms with Gasteiger partial charge < -0.3 is 0 Å². The van der Waals surface area contributed by atoms with Gasteiger partial charge in [0.15, 0.2) is 0 Å². The average Bonchev–Trinajstić information content (AvgIpc) is 2.42. The standard InChI is InChI=1S/C18H40Cl2OS2Si2/c1-17(2,3)24(7,8)15(11-13-19)22-21-23-16(12-14-20)25(9,10)18(4,5)6/h15-16H,11-14H2,1-10H3. The molecule has 0 N–H and O–H groups in total. The molecule has 0 heterocycles. The molecule has 0 saturated carbocycles.